The summed E-state index contributed by atoms with van der Waals surface area (Å²) >= 11 is 0. The molecule has 0 fully saturated rings. The predicted molar refractivity (Wildman–Crippen MR) is 71.3 cm³/mol. The summed E-state index contributed by atoms with van der Waals surface area (Å²) in [6, 6.07) is 6.75. The van der Waals surface area contributed by atoms with Gasteiger partial charge in [0, 0.05) is 18.5 Å². The molecule has 0 radical (unpaired) electrons. The van der Waals surface area contributed by atoms with Gasteiger partial charge < -0.3 is 15.4 Å². The molecule has 0 saturated heterocycles. The number of nitrogens with zero attached hydrogens (tertiary/aromatic N) is 2. The van der Waals surface area contributed by atoms with Crippen molar-refractivity contribution < 1.29 is 14.3 Å². The molecule has 1 aromatic carbocycles. The highest BCUT2D eigenvalue weighted by molar-refractivity contribution is 6.03. The molecule has 0 aliphatic carbocycles. The molecule has 2 amide bonds. The number of aromatic amines is 1. The minimum atomic E-state index is -0.390. The quantitative estimate of drug-likeness (QED) is 0.742. The van der Waals surface area contributed by atoms with Gasteiger partial charge in [0.1, 0.15) is 6.61 Å². The fraction of sp³-hybridized carbons (Fsp3) is 0.167. The lowest BCUT2D eigenvalue weighted by Crippen LogP contribution is -2.17. The number of amides is 2. The fourth-order valence-corrected chi connectivity index (χ4v) is 1.51. The summed E-state index contributed by atoms with van der Waals surface area (Å²) in [4.78, 5) is 23.2. The van der Waals surface area contributed by atoms with Crippen molar-refractivity contribution in [2.24, 2.45) is 0 Å². The van der Waals surface area contributed by atoms with Crippen LogP contribution in [0.1, 0.15) is 10.5 Å². The lowest BCUT2D eigenvalue weighted by molar-refractivity contribution is -0.119. The topological polar surface area (TPSA) is 109 Å². The highest BCUT2D eigenvalue weighted by Crippen LogP contribution is 2.15. The molecule has 1 heterocycles. The zero-order chi connectivity index (χ0) is 14.4. The van der Waals surface area contributed by atoms with Gasteiger partial charge in [-0.05, 0) is 18.2 Å². The Bertz CT molecular complexity index is 597. The molecule has 2 aromatic rings. The molecular formula is C12H13N5O3. The summed E-state index contributed by atoms with van der Waals surface area (Å²) in [5, 5.41) is 14.9. The van der Waals surface area contributed by atoms with E-state index in [2.05, 4.69) is 26.0 Å². The van der Waals surface area contributed by atoms with Gasteiger partial charge in [0.05, 0.1) is 6.20 Å². The van der Waals surface area contributed by atoms with Gasteiger partial charge in [-0.2, -0.15) is 15.4 Å². The Labute approximate surface area is 114 Å². The van der Waals surface area contributed by atoms with Crippen molar-refractivity contribution >= 4 is 23.2 Å². The number of ether oxygens (including phenoxy) is 1. The van der Waals surface area contributed by atoms with Crippen molar-refractivity contribution in [3.8, 4) is 0 Å². The van der Waals surface area contributed by atoms with Crippen LogP contribution in [0.15, 0.2) is 30.5 Å². The number of benzene rings is 1. The molecule has 0 bridgehead atoms. The first kappa shape index (κ1) is 13.7. The highest BCUT2D eigenvalue weighted by Gasteiger charge is 2.09. The monoisotopic (exact) mass is 275 g/mol. The average Bonchev–Trinajstić information content (AvgIpc) is 2.93. The van der Waals surface area contributed by atoms with Crippen molar-refractivity contribution in [3.05, 3.63) is 36.2 Å². The van der Waals surface area contributed by atoms with Crippen molar-refractivity contribution in [1.29, 1.82) is 0 Å². The van der Waals surface area contributed by atoms with Gasteiger partial charge in [-0.1, -0.05) is 6.07 Å². The molecular weight excluding hydrogens is 262 g/mol. The maximum absolute atomic E-state index is 11.8. The number of rotatable bonds is 5. The smallest absolute Gasteiger partial charge is 0.277 e. The lowest BCUT2D eigenvalue weighted by Gasteiger charge is -2.07. The van der Waals surface area contributed by atoms with Gasteiger partial charge in [-0.3, -0.25) is 9.59 Å². The van der Waals surface area contributed by atoms with Crippen LogP contribution in [0.2, 0.25) is 0 Å². The fourth-order valence-electron chi connectivity index (χ4n) is 1.51. The van der Waals surface area contributed by atoms with Crippen LogP contribution in [-0.4, -0.2) is 40.9 Å². The van der Waals surface area contributed by atoms with E-state index in [9.17, 15) is 9.59 Å². The number of carbonyl (C=O) groups is 2. The second-order valence-corrected chi connectivity index (χ2v) is 3.87. The third-order valence-corrected chi connectivity index (χ3v) is 2.33. The van der Waals surface area contributed by atoms with Gasteiger partial charge in [0.2, 0.25) is 5.91 Å². The summed E-state index contributed by atoms with van der Waals surface area (Å²) in [5.41, 5.74) is 1.28. The number of nitrogens with one attached hydrogen (secondary N) is 3. The number of hydrogen-bond donors (Lipinski definition) is 3. The number of hydrogen-bond acceptors (Lipinski definition) is 5. The van der Waals surface area contributed by atoms with Crippen molar-refractivity contribution in [3.63, 3.8) is 0 Å². The number of anilines is 2. The number of methoxy groups -OCH3 is 1. The first-order valence-electron chi connectivity index (χ1n) is 5.75. The summed E-state index contributed by atoms with van der Waals surface area (Å²) < 4.78 is 4.72. The molecule has 8 heteroatoms. The Morgan fingerprint density at radius 1 is 1.30 bits per heavy atom. The molecule has 8 nitrogen and oxygen atoms in total. The maximum atomic E-state index is 11.8. The Balaban J connectivity index is 2.02. The van der Waals surface area contributed by atoms with Crippen LogP contribution < -0.4 is 10.6 Å². The van der Waals surface area contributed by atoms with Crippen LogP contribution in [0.5, 0.6) is 0 Å². The molecule has 2 rings (SSSR count). The van der Waals surface area contributed by atoms with E-state index in [1.54, 1.807) is 24.3 Å². The van der Waals surface area contributed by atoms with E-state index < -0.39 is 0 Å². The molecule has 0 aliphatic heterocycles. The Hall–Kier alpha value is -2.74. The van der Waals surface area contributed by atoms with E-state index in [4.69, 9.17) is 4.74 Å². The predicted octanol–water partition coefficient (Wildman–Crippen LogP) is 0.642. The van der Waals surface area contributed by atoms with E-state index in [0.29, 0.717) is 11.4 Å². The number of aromatic nitrogens is 3. The van der Waals surface area contributed by atoms with Crippen LogP contribution in [-0.2, 0) is 9.53 Å². The summed E-state index contributed by atoms with van der Waals surface area (Å²) in [6.07, 6.45) is 1.32. The molecule has 1 aromatic heterocycles. The van der Waals surface area contributed by atoms with Gasteiger partial charge in [-0.25, -0.2) is 0 Å². The van der Waals surface area contributed by atoms with E-state index in [1.807, 2.05) is 0 Å². The maximum Gasteiger partial charge on any atom is 0.277 e. The zero-order valence-corrected chi connectivity index (χ0v) is 10.7. The zero-order valence-electron chi connectivity index (χ0n) is 10.7. The molecule has 3 N–H and O–H groups in total. The number of H-pyrrole nitrogens is 1. The van der Waals surface area contributed by atoms with E-state index in [0.717, 1.165) is 0 Å². The third-order valence-electron chi connectivity index (χ3n) is 2.33. The molecule has 20 heavy (non-hydrogen) atoms. The standard InChI is InChI=1S/C12H13N5O3/c1-20-7-11(18)14-8-3-2-4-9(5-8)15-12(19)10-6-13-17-16-10/h2-6H,7H2,1H3,(H,14,18)(H,15,19)(H,13,16,17). The molecule has 0 aliphatic rings. The summed E-state index contributed by atoms with van der Waals surface area (Å²) in [6.45, 7) is -0.0322. The van der Waals surface area contributed by atoms with Crippen molar-refractivity contribution in [2.75, 3.05) is 24.4 Å². The van der Waals surface area contributed by atoms with Crippen LogP contribution in [0.25, 0.3) is 0 Å². The second-order valence-electron chi connectivity index (χ2n) is 3.87. The third kappa shape index (κ3) is 3.62. The lowest BCUT2D eigenvalue weighted by atomic mass is 10.2. The second kappa shape index (κ2) is 6.43. The summed E-state index contributed by atoms with van der Waals surface area (Å²) in [5.74, 6) is -0.661. The molecule has 0 spiro atoms. The van der Waals surface area contributed by atoms with Crippen molar-refractivity contribution in [2.45, 2.75) is 0 Å². The van der Waals surface area contributed by atoms with Crippen LogP contribution in [0.4, 0.5) is 11.4 Å². The van der Waals surface area contributed by atoms with E-state index >= 15 is 0 Å². The van der Waals surface area contributed by atoms with Gasteiger partial charge >= 0.3 is 0 Å². The van der Waals surface area contributed by atoms with Crippen LogP contribution in [0.3, 0.4) is 0 Å². The first-order chi connectivity index (χ1) is 9.69. The van der Waals surface area contributed by atoms with Gasteiger partial charge in [0.15, 0.2) is 5.69 Å². The highest BCUT2D eigenvalue weighted by atomic mass is 16.5. The minimum absolute atomic E-state index is 0.0322. The Kier molecular flexibility index (Phi) is 4.40. The number of carbonyl (C=O) groups excluding carboxylic acids is 2. The van der Waals surface area contributed by atoms with Crippen LogP contribution >= 0.6 is 0 Å². The van der Waals surface area contributed by atoms with Gasteiger partial charge in [-0.15, -0.1) is 0 Å². The summed E-state index contributed by atoms with van der Waals surface area (Å²) in [7, 11) is 1.44. The molecule has 0 saturated carbocycles. The van der Waals surface area contributed by atoms with Gasteiger partial charge in [0.25, 0.3) is 5.91 Å². The first-order valence-corrected chi connectivity index (χ1v) is 5.75. The largest absolute Gasteiger partial charge is 0.375 e. The molecule has 0 atom stereocenters. The SMILES string of the molecule is COCC(=O)Nc1cccc(NC(=O)c2cn[nH]n2)c1. The van der Waals surface area contributed by atoms with Crippen LogP contribution in [0, 0.1) is 0 Å². The molecule has 0 unspecified atom stereocenters. The Morgan fingerprint density at radius 3 is 2.70 bits per heavy atom. The minimum Gasteiger partial charge on any atom is -0.375 e. The Morgan fingerprint density at radius 2 is 2.05 bits per heavy atom. The molecule has 104 valence electrons. The van der Waals surface area contributed by atoms with E-state index in [-0.39, 0.29) is 24.1 Å². The van der Waals surface area contributed by atoms with Crippen molar-refractivity contribution in [1.82, 2.24) is 15.4 Å². The average molecular weight is 275 g/mol. The van der Waals surface area contributed by atoms with E-state index in [1.165, 1.54) is 13.3 Å². The normalized spacial score (nSPS) is 10.1.